The van der Waals surface area contributed by atoms with Crippen LogP contribution in [0.5, 0.6) is 0 Å². The van der Waals surface area contributed by atoms with Gasteiger partial charge < -0.3 is 10.1 Å². The van der Waals surface area contributed by atoms with Gasteiger partial charge in [0.2, 0.25) is 0 Å². The van der Waals surface area contributed by atoms with Crippen molar-refractivity contribution in [3.63, 3.8) is 0 Å². The monoisotopic (exact) mass is 250 g/mol. The van der Waals surface area contributed by atoms with Crippen LogP contribution in [-0.2, 0) is 11.3 Å². The Bertz CT molecular complexity index is 472. The summed E-state index contributed by atoms with van der Waals surface area (Å²) >= 11 is 0. The molecule has 0 saturated carbocycles. The number of halogens is 1. The normalized spacial score (nSPS) is 26.9. The third kappa shape index (κ3) is 2.06. The maximum absolute atomic E-state index is 13.1. The fourth-order valence-electron chi connectivity index (χ4n) is 2.61. The number of amides is 1. The zero-order chi connectivity index (χ0) is 12.6. The van der Waals surface area contributed by atoms with Gasteiger partial charge in [0, 0.05) is 19.5 Å². The molecular formula is C13H15FN2O2. The second kappa shape index (κ2) is 4.24. The molecule has 2 aliphatic heterocycles. The Morgan fingerprint density at radius 3 is 3.11 bits per heavy atom. The summed E-state index contributed by atoms with van der Waals surface area (Å²) in [5.74, 6) is -0.280. The van der Waals surface area contributed by atoms with E-state index in [1.807, 2.05) is 6.07 Å². The Morgan fingerprint density at radius 2 is 2.39 bits per heavy atom. The van der Waals surface area contributed by atoms with Crippen LogP contribution in [0.15, 0.2) is 24.3 Å². The first-order valence-corrected chi connectivity index (χ1v) is 6.10. The molecule has 0 aromatic heterocycles. The largest absolute Gasteiger partial charge is 0.439 e. The topological polar surface area (TPSA) is 41.6 Å². The Kier molecular flexibility index (Phi) is 2.70. The van der Waals surface area contributed by atoms with Crippen LogP contribution in [0.25, 0.3) is 0 Å². The minimum atomic E-state index is -0.371. The fraction of sp³-hybridized carbons (Fsp3) is 0.462. The lowest BCUT2D eigenvalue weighted by atomic mass is 10.0. The molecule has 1 N–H and O–H groups in total. The van der Waals surface area contributed by atoms with Crippen molar-refractivity contribution in [2.45, 2.75) is 18.6 Å². The number of ether oxygens (including phenoxy) is 1. The van der Waals surface area contributed by atoms with E-state index >= 15 is 0 Å². The number of hydrogen-bond donors (Lipinski definition) is 1. The molecule has 0 bridgehead atoms. The predicted octanol–water partition coefficient (Wildman–Crippen LogP) is 1.51. The average molecular weight is 250 g/mol. The van der Waals surface area contributed by atoms with Crippen molar-refractivity contribution in [1.29, 1.82) is 0 Å². The van der Waals surface area contributed by atoms with Crippen molar-refractivity contribution in [2.75, 3.05) is 19.6 Å². The lowest BCUT2D eigenvalue weighted by molar-refractivity contribution is 0.0727. The molecule has 2 saturated heterocycles. The summed E-state index contributed by atoms with van der Waals surface area (Å²) < 4.78 is 18.5. The Morgan fingerprint density at radius 1 is 1.50 bits per heavy atom. The molecule has 1 aromatic carbocycles. The van der Waals surface area contributed by atoms with E-state index in [0.29, 0.717) is 19.6 Å². The molecule has 0 radical (unpaired) electrons. The Hall–Kier alpha value is -1.62. The van der Waals surface area contributed by atoms with Gasteiger partial charge in [-0.15, -0.1) is 0 Å². The number of carbonyl (C=O) groups excluding carboxylic acids is 1. The number of hydrogen-bond acceptors (Lipinski definition) is 3. The van der Waals surface area contributed by atoms with Gasteiger partial charge in [-0.3, -0.25) is 4.90 Å². The Labute approximate surface area is 105 Å². The van der Waals surface area contributed by atoms with Crippen molar-refractivity contribution in [1.82, 2.24) is 10.2 Å². The van der Waals surface area contributed by atoms with E-state index in [1.54, 1.807) is 11.0 Å². The van der Waals surface area contributed by atoms with E-state index in [1.165, 1.54) is 12.1 Å². The molecule has 96 valence electrons. The minimum Gasteiger partial charge on any atom is -0.439 e. The highest BCUT2D eigenvalue weighted by molar-refractivity contribution is 5.71. The average Bonchev–Trinajstić information content (AvgIpc) is 2.88. The maximum Gasteiger partial charge on any atom is 0.410 e. The van der Waals surface area contributed by atoms with E-state index in [2.05, 4.69) is 5.32 Å². The van der Waals surface area contributed by atoms with Crippen LogP contribution in [0.1, 0.15) is 12.0 Å². The molecule has 1 amide bonds. The molecule has 3 rings (SSSR count). The minimum absolute atomic E-state index is 0.280. The number of benzene rings is 1. The van der Waals surface area contributed by atoms with Gasteiger partial charge in [-0.2, -0.15) is 0 Å². The fourth-order valence-corrected chi connectivity index (χ4v) is 2.61. The lowest BCUT2D eigenvalue weighted by Crippen LogP contribution is -2.36. The van der Waals surface area contributed by atoms with Gasteiger partial charge in [0.05, 0.1) is 6.54 Å². The molecule has 5 heteroatoms. The molecule has 1 atom stereocenters. The quantitative estimate of drug-likeness (QED) is 0.865. The molecule has 18 heavy (non-hydrogen) atoms. The number of nitrogens with one attached hydrogen (secondary N) is 1. The summed E-state index contributed by atoms with van der Waals surface area (Å²) in [5.41, 5.74) is 0.416. The standard InChI is InChI=1S/C13H15FN2O2/c14-11-3-1-2-10(6-11)7-16-9-13(18-12(16)17)4-5-15-8-13/h1-3,6,15H,4-5,7-9H2. The second-order valence-electron chi connectivity index (χ2n) is 4.96. The highest BCUT2D eigenvalue weighted by atomic mass is 19.1. The third-order valence-electron chi connectivity index (χ3n) is 3.51. The van der Waals surface area contributed by atoms with Crippen LogP contribution in [0, 0.1) is 5.82 Å². The molecule has 2 fully saturated rings. The summed E-state index contributed by atoms with van der Waals surface area (Å²) in [7, 11) is 0. The van der Waals surface area contributed by atoms with Gasteiger partial charge in [-0.05, 0) is 24.2 Å². The maximum atomic E-state index is 13.1. The molecule has 1 spiro atoms. The highest BCUT2D eigenvalue weighted by Crippen LogP contribution is 2.29. The van der Waals surface area contributed by atoms with Gasteiger partial charge in [0.15, 0.2) is 0 Å². The van der Waals surface area contributed by atoms with Crippen LogP contribution in [-0.4, -0.2) is 36.2 Å². The number of nitrogens with zero attached hydrogens (tertiary/aromatic N) is 1. The SMILES string of the molecule is O=C1OC2(CCNC2)CN1Cc1cccc(F)c1. The van der Waals surface area contributed by atoms with Crippen molar-refractivity contribution >= 4 is 6.09 Å². The number of carbonyl (C=O) groups is 1. The first-order valence-electron chi connectivity index (χ1n) is 6.10. The van der Waals surface area contributed by atoms with Gasteiger partial charge in [0.1, 0.15) is 11.4 Å². The summed E-state index contributed by atoms with van der Waals surface area (Å²) in [4.78, 5) is 13.4. The first kappa shape index (κ1) is 11.5. The predicted molar refractivity (Wildman–Crippen MR) is 63.5 cm³/mol. The van der Waals surface area contributed by atoms with E-state index in [9.17, 15) is 9.18 Å². The molecular weight excluding hydrogens is 235 g/mol. The first-order chi connectivity index (χ1) is 8.67. The molecule has 4 nitrogen and oxygen atoms in total. The van der Waals surface area contributed by atoms with Crippen LogP contribution in [0.4, 0.5) is 9.18 Å². The van der Waals surface area contributed by atoms with Crippen LogP contribution >= 0.6 is 0 Å². The van der Waals surface area contributed by atoms with Crippen LogP contribution in [0.3, 0.4) is 0 Å². The molecule has 2 aliphatic rings. The van der Waals surface area contributed by atoms with Gasteiger partial charge >= 0.3 is 6.09 Å². The summed E-state index contributed by atoms with van der Waals surface area (Å²) in [6, 6.07) is 6.31. The van der Waals surface area contributed by atoms with E-state index < -0.39 is 0 Å². The van der Waals surface area contributed by atoms with E-state index in [-0.39, 0.29) is 17.5 Å². The zero-order valence-corrected chi connectivity index (χ0v) is 9.99. The lowest BCUT2D eigenvalue weighted by Gasteiger charge is -2.19. The van der Waals surface area contributed by atoms with E-state index in [4.69, 9.17) is 4.74 Å². The summed E-state index contributed by atoms with van der Waals surface area (Å²) in [6.45, 7) is 2.56. The van der Waals surface area contributed by atoms with E-state index in [0.717, 1.165) is 18.5 Å². The molecule has 2 heterocycles. The van der Waals surface area contributed by atoms with Crippen molar-refractivity contribution in [3.8, 4) is 0 Å². The van der Waals surface area contributed by atoms with Crippen molar-refractivity contribution < 1.29 is 13.9 Å². The number of rotatable bonds is 2. The van der Waals surface area contributed by atoms with Crippen LogP contribution in [0.2, 0.25) is 0 Å². The second-order valence-corrected chi connectivity index (χ2v) is 4.96. The molecule has 1 aromatic rings. The molecule has 0 aliphatic carbocycles. The highest BCUT2D eigenvalue weighted by Gasteiger charge is 2.46. The van der Waals surface area contributed by atoms with Crippen molar-refractivity contribution in [3.05, 3.63) is 35.6 Å². The van der Waals surface area contributed by atoms with Crippen LogP contribution < -0.4 is 5.32 Å². The Balaban J connectivity index is 1.72. The smallest absolute Gasteiger partial charge is 0.410 e. The summed E-state index contributed by atoms with van der Waals surface area (Å²) in [6.07, 6.45) is 0.543. The summed E-state index contributed by atoms with van der Waals surface area (Å²) in [5, 5.41) is 3.21. The third-order valence-corrected chi connectivity index (χ3v) is 3.51. The zero-order valence-electron chi connectivity index (χ0n) is 9.99. The van der Waals surface area contributed by atoms with Gasteiger partial charge in [-0.1, -0.05) is 12.1 Å². The van der Waals surface area contributed by atoms with Gasteiger partial charge in [-0.25, -0.2) is 9.18 Å². The molecule has 1 unspecified atom stereocenters. The van der Waals surface area contributed by atoms with Crippen molar-refractivity contribution in [2.24, 2.45) is 0 Å². The van der Waals surface area contributed by atoms with Gasteiger partial charge in [0.25, 0.3) is 0 Å².